The van der Waals surface area contributed by atoms with Crippen molar-refractivity contribution in [1.29, 1.82) is 0 Å². The topological polar surface area (TPSA) is 75.2 Å². The predicted octanol–water partition coefficient (Wildman–Crippen LogP) is -1.74. The summed E-state index contributed by atoms with van der Waals surface area (Å²) in [7, 11) is 0. The lowest BCUT2D eigenvalue weighted by molar-refractivity contribution is -1.08. The van der Waals surface area contributed by atoms with Gasteiger partial charge in [-0.3, -0.25) is 0 Å². The molecule has 1 fully saturated rings. The van der Waals surface area contributed by atoms with Crippen LogP contribution in [0.5, 0.6) is 0 Å². The van der Waals surface area contributed by atoms with Crippen LogP contribution in [0.1, 0.15) is 19.8 Å². The number of rotatable bonds is 1. The van der Waals surface area contributed by atoms with Crippen LogP contribution in [0, 0.1) is 10.4 Å². The molecule has 0 spiro atoms. The summed E-state index contributed by atoms with van der Waals surface area (Å²) in [5, 5.41) is 29.6. The molecule has 0 bridgehead atoms. The molecule has 5 unspecified atom stereocenters. The monoisotopic (exact) mass is 196 g/mol. The van der Waals surface area contributed by atoms with Gasteiger partial charge in [0, 0.05) is 0 Å². The average molecular weight is 197 g/mol. The Kier molecular flexibility index (Phi) is 3.28. The van der Waals surface area contributed by atoms with E-state index in [1.165, 1.54) is 0 Å². The smallest absolute Gasteiger partial charge is 0.169 e. The molecule has 1 saturated heterocycles. The van der Waals surface area contributed by atoms with Crippen LogP contribution in [-0.4, -0.2) is 22.8 Å². The Morgan fingerprint density at radius 3 is 2.58 bits per heavy atom. The molecule has 0 aromatic rings. The lowest BCUT2D eigenvalue weighted by Crippen LogP contribution is -3.19. The second-order valence-electron chi connectivity index (χ2n) is 3.28. The summed E-state index contributed by atoms with van der Waals surface area (Å²) >= 11 is 5.69. The van der Waals surface area contributed by atoms with E-state index in [0.29, 0.717) is 6.42 Å². The summed E-state index contributed by atoms with van der Waals surface area (Å²) in [5.41, 5.74) is -0.602. The molecule has 72 valence electrons. The quantitative estimate of drug-likeness (QED) is 0.202. The summed E-state index contributed by atoms with van der Waals surface area (Å²) in [6, 6.07) is -0.650. The molecular weight excluding hydrogens is 184 g/mol. The summed E-state index contributed by atoms with van der Waals surface area (Å²) in [6.45, 7) is 1.73. The Morgan fingerprint density at radius 2 is 2.17 bits per heavy atom. The normalized spacial score (nSPS) is 45.8. The average Bonchev–Trinajstić information content (AvgIpc) is 1.99. The second-order valence-corrected chi connectivity index (χ2v) is 3.80. The van der Waals surface area contributed by atoms with Gasteiger partial charge in [-0.2, -0.15) is 0 Å². The van der Waals surface area contributed by atoms with E-state index in [1.54, 1.807) is 6.92 Å². The van der Waals surface area contributed by atoms with Gasteiger partial charge >= 0.3 is 0 Å². The van der Waals surface area contributed by atoms with Gasteiger partial charge in [0.15, 0.2) is 5.50 Å². The number of quaternary nitrogens is 2. The molecule has 0 aliphatic carbocycles. The standard InChI is InChI=1S/C6H13ClN2O3/c1-4-2-5(9(11)12)3-6(7)8(4)10/h4-6,8-9,11H,2-3H2,1H3. The van der Waals surface area contributed by atoms with Crippen molar-refractivity contribution in [3.8, 4) is 0 Å². The van der Waals surface area contributed by atoms with Gasteiger partial charge in [-0.25, -0.2) is 10.4 Å². The molecule has 6 heteroatoms. The first-order valence-corrected chi connectivity index (χ1v) is 4.36. The summed E-state index contributed by atoms with van der Waals surface area (Å²) in [4.78, 5) is 0. The van der Waals surface area contributed by atoms with E-state index in [2.05, 4.69) is 0 Å². The number of hydroxylamine groups is 4. The second kappa shape index (κ2) is 3.87. The Bertz CT molecular complexity index is 146. The number of nitrogens with one attached hydrogen (secondary N) is 2. The molecule has 5 nitrogen and oxygen atoms in total. The molecule has 0 aromatic carbocycles. The largest absolute Gasteiger partial charge is 0.633 e. The van der Waals surface area contributed by atoms with Gasteiger partial charge in [-0.05, 0) is 6.92 Å². The van der Waals surface area contributed by atoms with Crippen molar-refractivity contribution in [1.82, 2.24) is 0 Å². The number of halogens is 1. The SMILES string of the molecule is CC1CC([NH+]([O-])O)CC(Cl)[NH+]1[O-]. The zero-order valence-electron chi connectivity index (χ0n) is 6.79. The Morgan fingerprint density at radius 1 is 1.58 bits per heavy atom. The molecule has 12 heavy (non-hydrogen) atoms. The van der Waals surface area contributed by atoms with Crippen LogP contribution in [0.3, 0.4) is 0 Å². The summed E-state index contributed by atoms with van der Waals surface area (Å²) in [6.07, 6.45) is 0.706. The molecule has 1 heterocycles. The van der Waals surface area contributed by atoms with Crippen molar-refractivity contribution < 1.29 is 15.5 Å². The third kappa shape index (κ3) is 2.07. The molecular formula is C6H13ClN2O3. The van der Waals surface area contributed by atoms with Crippen LogP contribution < -0.4 is 10.3 Å². The van der Waals surface area contributed by atoms with Crippen molar-refractivity contribution in [3.05, 3.63) is 10.4 Å². The first-order valence-electron chi connectivity index (χ1n) is 3.93. The van der Waals surface area contributed by atoms with Gasteiger partial charge < -0.3 is 15.5 Å². The highest BCUT2D eigenvalue weighted by atomic mass is 35.5. The highest BCUT2D eigenvalue weighted by Crippen LogP contribution is 2.08. The fourth-order valence-electron chi connectivity index (χ4n) is 1.52. The lowest BCUT2D eigenvalue weighted by atomic mass is 10.0. The van der Waals surface area contributed by atoms with E-state index in [1.807, 2.05) is 0 Å². The molecule has 0 aromatic heterocycles. The molecule has 1 aliphatic heterocycles. The van der Waals surface area contributed by atoms with Crippen molar-refractivity contribution in [2.75, 3.05) is 0 Å². The van der Waals surface area contributed by atoms with Crippen LogP contribution >= 0.6 is 11.6 Å². The Balaban J connectivity index is 2.53. The van der Waals surface area contributed by atoms with Gasteiger partial charge in [-0.1, -0.05) is 11.6 Å². The molecule has 5 atom stereocenters. The molecule has 0 radical (unpaired) electrons. The maximum Gasteiger partial charge on any atom is 0.169 e. The molecule has 0 amide bonds. The van der Waals surface area contributed by atoms with Crippen molar-refractivity contribution in [3.63, 3.8) is 0 Å². The number of piperidine rings is 1. The fourth-order valence-corrected chi connectivity index (χ4v) is 1.95. The van der Waals surface area contributed by atoms with Crippen molar-refractivity contribution >= 4 is 11.6 Å². The highest BCUT2D eigenvalue weighted by Gasteiger charge is 2.34. The fraction of sp³-hybridized carbons (Fsp3) is 1.00. The summed E-state index contributed by atoms with van der Waals surface area (Å²) < 4.78 is 0. The molecule has 0 saturated carbocycles. The van der Waals surface area contributed by atoms with Crippen LogP contribution in [0.15, 0.2) is 0 Å². The first-order chi connectivity index (χ1) is 5.52. The predicted molar refractivity (Wildman–Crippen MR) is 42.6 cm³/mol. The van der Waals surface area contributed by atoms with Gasteiger partial charge in [0.2, 0.25) is 0 Å². The number of hydrogen-bond acceptors (Lipinski definition) is 3. The van der Waals surface area contributed by atoms with E-state index >= 15 is 0 Å². The zero-order chi connectivity index (χ0) is 9.30. The van der Waals surface area contributed by atoms with E-state index < -0.39 is 16.8 Å². The minimum absolute atomic E-state index is 0.0193. The maximum absolute atomic E-state index is 11.2. The Labute approximate surface area is 75.6 Å². The first kappa shape index (κ1) is 10.2. The lowest BCUT2D eigenvalue weighted by Gasteiger charge is -2.41. The molecule has 3 N–H and O–H groups in total. The molecule has 1 rings (SSSR count). The van der Waals surface area contributed by atoms with Crippen molar-refractivity contribution in [2.24, 2.45) is 0 Å². The zero-order valence-corrected chi connectivity index (χ0v) is 7.54. The minimum Gasteiger partial charge on any atom is -0.633 e. The van der Waals surface area contributed by atoms with Gasteiger partial charge in [0.25, 0.3) is 0 Å². The highest BCUT2D eigenvalue weighted by molar-refractivity contribution is 6.19. The van der Waals surface area contributed by atoms with E-state index in [4.69, 9.17) is 16.8 Å². The van der Waals surface area contributed by atoms with Crippen LogP contribution in [-0.2, 0) is 0 Å². The third-order valence-corrected chi connectivity index (χ3v) is 2.67. The third-order valence-electron chi connectivity index (χ3n) is 2.27. The van der Waals surface area contributed by atoms with Gasteiger partial charge in [0.1, 0.15) is 6.04 Å². The van der Waals surface area contributed by atoms with E-state index in [0.717, 1.165) is 0 Å². The van der Waals surface area contributed by atoms with Crippen LogP contribution in [0.25, 0.3) is 0 Å². The maximum atomic E-state index is 11.2. The van der Waals surface area contributed by atoms with Crippen molar-refractivity contribution in [2.45, 2.75) is 37.4 Å². The van der Waals surface area contributed by atoms with Gasteiger partial charge in [0.05, 0.1) is 18.9 Å². The Hall–Kier alpha value is 0.0900. The van der Waals surface area contributed by atoms with E-state index in [9.17, 15) is 10.4 Å². The van der Waals surface area contributed by atoms with Crippen LogP contribution in [0.2, 0.25) is 0 Å². The number of hydrogen-bond donors (Lipinski definition) is 3. The molecule has 1 aliphatic rings. The summed E-state index contributed by atoms with van der Waals surface area (Å²) in [5.74, 6) is 0. The number of alkyl halides is 1. The minimum atomic E-state index is -0.847. The van der Waals surface area contributed by atoms with Gasteiger partial charge in [-0.15, -0.1) is 0 Å². The van der Waals surface area contributed by atoms with Crippen LogP contribution in [0.4, 0.5) is 0 Å². The van der Waals surface area contributed by atoms with E-state index in [-0.39, 0.29) is 17.5 Å².